The average Bonchev–Trinajstić information content (AvgIpc) is 2.53. The maximum atomic E-state index is 12.0. The van der Waals surface area contributed by atoms with Crippen LogP contribution in [0.15, 0.2) is 24.3 Å². The van der Waals surface area contributed by atoms with E-state index in [0.29, 0.717) is 0 Å². The molecule has 21 heavy (non-hydrogen) atoms. The maximum absolute atomic E-state index is 12.0. The van der Waals surface area contributed by atoms with Gasteiger partial charge in [0.05, 0.1) is 33.3 Å². The highest BCUT2D eigenvalue weighted by molar-refractivity contribution is 5.79. The number of anilines is 1. The number of likely N-dealkylation sites (N-methyl/N-ethyl adjacent to an activating group) is 1. The zero-order chi connectivity index (χ0) is 15.4. The van der Waals surface area contributed by atoms with Gasteiger partial charge in [0.1, 0.15) is 5.75 Å². The van der Waals surface area contributed by atoms with E-state index < -0.39 is 0 Å². The first-order chi connectivity index (χ1) is 10.0. The number of piperazine rings is 1. The van der Waals surface area contributed by atoms with E-state index in [1.54, 1.807) is 12.0 Å². The molecule has 0 unspecified atom stereocenters. The lowest BCUT2D eigenvalue weighted by Gasteiger charge is -2.36. The molecule has 0 aromatic heterocycles. The van der Waals surface area contributed by atoms with Crippen molar-refractivity contribution in [3.05, 3.63) is 24.3 Å². The molecule has 1 saturated heterocycles. The molecule has 2 rings (SSSR count). The predicted molar refractivity (Wildman–Crippen MR) is 84.1 cm³/mol. The molecule has 1 fully saturated rings. The summed E-state index contributed by atoms with van der Waals surface area (Å²) >= 11 is 0. The molecule has 0 spiro atoms. The van der Waals surface area contributed by atoms with E-state index in [1.165, 1.54) is 10.6 Å². The molecule has 5 nitrogen and oxygen atoms in total. The minimum Gasteiger partial charge on any atom is -0.497 e. The summed E-state index contributed by atoms with van der Waals surface area (Å²) in [5, 5.41) is 0. The van der Waals surface area contributed by atoms with Crippen molar-refractivity contribution in [2.75, 3.05) is 52.3 Å². The highest BCUT2D eigenvalue weighted by Gasteiger charge is 2.29. The third kappa shape index (κ3) is 3.67. The van der Waals surface area contributed by atoms with Crippen LogP contribution in [0.4, 0.5) is 5.69 Å². The molecule has 0 bridgehead atoms. The van der Waals surface area contributed by atoms with Crippen molar-refractivity contribution in [3.63, 3.8) is 0 Å². The Kier molecular flexibility index (Phi) is 5.07. The molecule has 1 atom stereocenters. The van der Waals surface area contributed by atoms with Gasteiger partial charge in [-0.1, -0.05) is 0 Å². The van der Waals surface area contributed by atoms with Gasteiger partial charge in [0, 0.05) is 19.8 Å². The van der Waals surface area contributed by atoms with Crippen molar-refractivity contribution < 1.29 is 14.4 Å². The van der Waals surface area contributed by atoms with Crippen molar-refractivity contribution in [1.29, 1.82) is 0 Å². The quantitative estimate of drug-likeness (QED) is 0.840. The highest BCUT2D eigenvalue weighted by Crippen LogP contribution is 2.18. The zero-order valence-corrected chi connectivity index (χ0v) is 13.4. The summed E-state index contributed by atoms with van der Waals surface area (Å²) in [6.45, 7) is 5.97. The first-order valence-corrected chi connectivity index (χ1v) is 7.47. The Hall–Kier alpha value is -1.75. The van der Waals surface area contributed by atoms with E-state index in [9.17, 15) is 4.79 Å². The van der Waals surface area contributed by atoms with Gasteiger partial charge >= 0.3 is 0 Å². The third-order valence-corrected chi connectivity index (χ3v) is 4.27. The topological polar surface area (TPSA) is 37.2 Å². The van der Waals surface area contributed by atoms with Crippen LogP contribution in [-0.2, 0) is 4.79 Å². The smallest absolute Gasteiger partial charge is 0.280 e. The Labute approximate surface area is 127 Å². The second-order valence-corrected chi connectivity index (χ2v) is 5.80. The fourth-order valence-corrected chi connectivity index (χ4v) is 2.84. The number of carbonyl (C=O) groups excluding carboxylic acids is 1. The lowest BCUT2D eigenvalue weighted by atomic mass is 10.2. The second-order valence-electron chi connectivity index (χ2n) is 5.80. The van der Waals surface area contributed by atoms with Crippen molar-refractivity contribution in [2.45, 2.75) is 13.0 Å². The fourth-order valence-electron chi connectivity index (χ4n) is 2.84. The Balaban J connectivity index is 1.92. The standard InChI is InChI=1S/C16H25N3O2/c1-13(16(20)17(2)3)18-9-11-19(12-10-18)14-5-7-15(21-4)8-6-14/h5-8,13H,9-12H2,1-4H3/p+1/t13-/m1/s1. The summed E-state index contributed by atoms with van der Waals surface area (Å²) in [6.07, 6.45) is 0. The first-order valence-electron chi connectivity index (χ1n) is 7.47. The molecule has 1 aliphatic heterocycles. The minimum absolute atomic E-state index is 0.0398. The molecule has 1 aliphatic rings. The van der Waals surface area contributed by atoms with Crippen molar-refractivity contribution in [3.8, 4) is 5.75 Å². The van der Waals surface area contributed by atoms with Gasteiger partial charge in [0.2, 0.25) is 0 Å². The molecule has 1 amide bonds. The van der Waals surface area contributed by atoms with Crippen LogP contribution < -0.4 is 14.5 Å². The molecule has 5 heteroatoms. The van der Waals surface area contributed by atoms with Gasteiger partial charge in [-0.2, -0.15) is 0 Å². The summed E-state index contributed by atoms with van der Waals surface area (Å²) in [4.78, 5) is 17.5. The molecule has 0 saturated carbocycles. The summed E-state index contributed by atoms with van der Waals surface area (Å²) in [5.41, 5.74) is 1.22. The number of nitrogens with zero attached hydrogens (tertiary/aromatic N) is 2. The SMILES string of the molecule is COc1ccc(N2CC[NH+]([C@H](C)C(=O)N(C)C)CC2)cc1. The van der Waals surface area contributed by atoms with Crippen molar-refractivity contribution >= 4 is 11.6 Å². The highest BCUT2D eigenvalue weighted by atomic mass is 16.5. The zero-order valence-electron chi connectivity index (χ0n) is 13.4. The van der Waals surface area contributed by atoms with E-state index in [2.05, 4.69) is 17.0 Å². The Morgan fingerprint density at radius 3 is 2.29 bits per heavy atom. The lowest BCUT2D eigenvalue weighted by molar-refractivity contribution is -0.915. The van der Waals surface area contributed by atoms with Crippen LogP contribution in [-0.4, -0.2) is 64.2 Å². The van der Waals surface area contributed by atoms with Crippen LogP contribution in [0.2, 0.25) is 0 Å². The summed E-state index contributed by atoms with van der Waals surface area (Å²) in [5.74, 6) is 1.09. The van der Waals surface area contributed by atoms with Crippen LogP contribution in [0.5, 0.6) is 5.75 Å². The number of nitrogens with one attached hydrogen (secondary N) is 1. The third-order valence-electron chi connectivity index (χ3n) is 4.27. The van der Waals surface area contributed by atoms with E-state index in [4.69, 9.17) is 4.74 Å². The summed E-state index contributed by atoms with van der Waals surface area (Å²) in [6, 6.07) is 8.22. The Bertz CT molecular complexity index is 465. The van der Waals surface area contributed by atoms with E-state index >= 15 is 0 Å². The van der Waals surface area contributed by atoms with Crippen LogP contribution in [0, 0.1) is 0 Å². The monoisotopic (exact) mass is 292 g/mol. The van der Waals surface area contributed by atoms with Gasteiger partial charge in [-0.25, -0.2) is 0 Å². The predicted octanol–water partition coefficient (Wildman–Crippen LogP) is -0.123. The first kappa shape index (κ1) is 15.6. The number of quaternary nitrogens is 1. The largest absolute Gasteiger partial charge is 0.497 e. The molecule has 0 aliphatic carbocycles. The van der Waals surface area contributed by atoms with E-state index in [0.717, 1.165) is 31.9 Å². The number of amides is 1. The molecular weight excluding hydrogens is 266 g/mol. The van der Waals surface area contributed by atoms with Crippen molar-refractivity contribution in [1.82, 2.24) is 4.90 Å². The molecule has 1 N–H and O–H groups in total. The number of benzene rings is 1. The van der Waals surface area contributed by atoms with E-state index in [-0.39, 0.29) is 11.9 Å². The van der Waals surface area contributed by atoms with Crippen LogP contribution >= 0.6 is 0 Å². The molecule has 116 valence electrons. The summed E-state index contributed by atoms with van der Waals surface area (Å²) < 4.78 is 5.19. The van der Waals surface area contributed by atoms with Crippen LogP contribution in [0.25, 0.3) is 0 Å². The van der Waals surface area contributed by atoms with E-state index in [1.807, 2.05) is 33.2 Å². The minimum atomic E-state index is 0.0398. The second kappa shape index (κ2) is 6.80. The molecule has 1 heterocycles. The molecule has 0 radical (unpaired) electrons. The Morgan fingerprint density at radius 2 is 1.81 bits per heavy atom. The Morgan fingerprint density at radius 1 is 1.24 bits per heavy atom. The van der Waals surface area contributed by atoms with Gasteiger partial charge in [-0.3, -0.25) is 4.79 Å². The normalized spacial score (nSPS) is 17.4. The van der Waals surface area contributed by atoms with Gasteiger partial charge in [0.15, 0.2) is 6.04 Å². The molecule has 1 aromatic rings. The molecular formula is C16H26N3O2+. The van der Waals surface area contributed by atoms with Gasteiger partial charge < -0.3 is 19.4 Å². The number of hydrogen-bond acceptors (Lipinski definition) is 3. The summed E-state index contributed by atoms with van der Waals surface area (Å²) in [7, 11) is 5.33. The molecule has 1 aromatic carbocycles. The fraction of sp³-hybridized carbons (Fsp3) is 0.562. The lowest BCUT2D eigenvalue weighted by Crippen LogP contribution is -3.19. The number of methoxy groups -OCH3 is 1. The number of carbonyl (C=O) groups is 1. The van der Waals surface area contributed by atoms with Gasteiger partial charge in [-0.15, -0.1) is 0 Å². The average molecular weight is 292 g/mol. The van der Waals surface area contributed by atoms with Crippen LogP contribution in [0.3, 0.4) is 0 Å². The van der Waals surface area contributed by atoms with Gasteiger partial charge in [-0.05, 0) is 31.2 Å². The number of rotatable bonds is 4. The van der Waals surface area contributed by atoms with Crippen molar-refractivity contribution in [2.24, 2.45) is 0 Å². The van der Waals surface area contributed by atoms with Crippen LogP contribution in [0.1, 0.15) is 6.92 Å². The maximum Gasteiger partial charge on any atom is 0.280 e. The number of hydrogen-bond donors (Lipinski definition) is 1. The van der Waals surface area contributed by atoms with Gasteiger partial charge in [0.25, 0.3) is 5.91 Å². The number of ether oxygens (including phenoxy) is 1.